The summed E-state index contributed by atoms with van der Waals surface area (Å²) in [5, 5.41) is 19.8. The highest BCUT2D eigenvalue weighted by molar-refractivity contribution is 5.79. The van der Waals surface area contributed by atoms with Crippen LogP contribution < -0.4 is 4.74 Å². The molecular formula is C12H14O4. The van der Waals surface area contributed by atoms with Gasteiger partial charge < -0.3 is 19.4 Å². The van der Waals surface area contributed by atoms with Crippen molar-refractivity contribution in [3.63, 3.8) is 0 Å². The van der Waals surface area contributed by atoms with Crippen molar-refractivity contribution in [3.05, 3.63) is 30.0 Å². The van der Waals surface area contributed by atoms with Crippen LogP contribution in [-0.2, 0) is 5.60 Å². The van der Waals surface area contributed by atoms with Crippen molar-refractivity contribution in [2.45, 2.75) is 12.5 Å². The second kappa shape index (κ2) is 3.81. The van der Waals surface area contributed by atoms with Crippen molar-refractivity contribution in [3.8, 4) is 5.75 Å². The van der Waals surface area contributed by atoms with E-state index >= 15 is 0 Å². The molecule has 2 N–H and O–H groups in total. The molecule has 16 heavy (non-hydrogen) atoms. The van der Waals surface area contributed by atoms with Crippen LogP contribution in [0.4, 0.5) is 0 Å². The van der Waals surface area contributed by atoms with E-state index in [0.29, 0.717) is 17.1 Å². The smallest absolute Gasteiger partial charge is 0.142 e. The minimum atomic E-state index is -1.35. The van der Waals surface area contributed by atoms with Gasteiger partial charge in [0.2, 0.25) is 0 Å². The number of hydrogen-bond acceptors (Lipinski definition) is 4. The number of aliphatic hydroxyl groups excluding tert-OH is 1. The van der Waals surface area contributed by atoms with Gasteiger partial charge in [-0.3, -0.25) is 0 Å². The standard InChI is InChI=1S/C12H14O4/c1-12(14,7-13)11-5-8-3-4-9(15-2)6-10(8)16-11/h3-6,13-14H,7H2,1-2H3. The number of hydrogen-bond donors (Lipinski definition) is 2. The normalized spacial score (nSPS) is 15.0. The van der Waals surface area contributed by atoms with E-state index in [1.165, 1.54) is 6.92 Å². The second-order valence-electron chi connectivity index (χ2n) is 3.95. The fraction of sp³-hybridized carbons (Fsp3) is 0.333. The monoisotopic (exact) mass is 222 g/mol. The highest BCUT2D eigenvalue weighted by atomic mass is 16.5. The Morgan fingerprint density at radius 2 is 2.12 bits per heavy atom. The summed E-state index contributed by atoms with van der Waals surface area (Å²) in [6.07, 6.45) is 0. The van der Waals surface area contributed by atoms with Crippen LogP contribution in [0.3, 0.4) is 0 Å². The van der Waals surface area contributed by atoms with Crippen LogP contribution in [-0.4, -0.2) is 23.9 Å². The molecule has 0 saturated carbocycles. The lowest BCUT2D eigenvalue weighted by Gasteiger charge is -2.16. The second-order valence-corrected chi connectivity index (χ2v) is 3.95. The first-order chi connectivity index (χ1) is 7.56. The molecule has 1 atom stereocenters. The molecule has 1 aromatic carbocycles. The van der Waals surface area contributed by atoms with E-state index in [2.05, 4.69) is 0 Å². The molecule has 0 radical (unpaired) electrons. The summed E-state index contributed by atoms with van der Waals surface area (Å²) in [6, 6.07) is 7.11. The summed E-state index contributed by atoms with van der Waals surface area (Å²) in [4.78, 5) is 0. The van der Waals surface area contributed by atoms with Crippen LogP contribution in [0.5, 0.6) is 5.75 Å². The molecule has 0 saturated heterocycles. The molecule has 86 valence electrons. The molecule has 0 spiro atoms. The highest BCUT2D eigenvalue weighted by Gasteiger charge is 2.26. The third-order valence-corrected chi connectivity index (χ3v) is 2.57. The largest absolute Gasteiger partial charge is 0.497 e. The summed E-state index contributed by atoms with van der Waals surface area (Å²) >= 11 is 0. The molecule has 0 aliphatic heterocycles. The van der Waals surface area contributed by atoms with Crippen molar-refractivity contribution in [1.82, 2.24) is 0 Å². The summed E-state index contributed by atoms with van der Waals surface area (Å²) in [6.45, 7) is 1.12. The Morgan fingerprint density at radius 1 is 1.38 bits per heavy atom. The van der Waals surface area contributed by atoms with Gasteiger partial charge in [-0.1, -0.05) is 0 Å². The molecule has 2 aromatic rings. The summed E-state index contributed by atoms with van der Waals surface area (Å²) < 4.78 is 10.5. The molecule has 4 heteroatoms. The fourth-order valence-corrected chi connectivity index (χ4v) is 1.48. The van der Waals surface area contributed by atoms with Crippen LogP contribution in [0.15, 0.2) is 28.7 Å². The summed E-state index contributed by atoms with van der Waals surface area (Å²) in [5.41, 5.74) is -0.727. The average molecular weight is 222 g/mol. The predicted molar refractivity (Wildman–Crippen MR) is 59.4 cm³/mol. The van der Waals surface area contributed by atoms with Crippen molar-refractivity contribution >= 4 is 11.0 Å². The van der Waals surface area contributed by atoms with E-state index in [0.717, 1.165) is 5.39 Å². The zero-order chi connectivity index (χ0) is 11.8. The fourth-order valence-electron chi connectivity index (χ4n) is 1.48. The average Bonchev–Trinajstić information content (AvgIpc) is 2.72. The quantitative estimate of drug-likeness (QED) is 0.828. The van der Waals surface area contributed by atoms with Gasteiger partial charge in [0.25, 0.3) is 0 Å². The first-order valence-electron chi connectivity index (χ1n) is 4.98. The van der Waals surface area contributed by atoms with Gasteiger partial charge in [-0.2, -0.15) is 0 Å². The Bertz CT molecular complexity index is 499. The molecule has 0 amide bonds. The first kappa shape index (κ1) is 11.0. The Hall–Kier alpha value is -1.52. The van der Waals surface area contributed by atoms with Gasteiger partial charge in [0, 0.05) is 11.5 Å². The van der Waals surface area contributed by atoms with Crippen LogP contribution in [0.2, 0.25) is 0 Å². The van der Waals surface area contributed by atoms with Crippen LogP contribution in [0.1, 0.15) is 12.7 Å². The number of benzene rings is 1. The van der Waals surface area contributed by atoms with E-state index in [9.17, 15) is 5.11 Å². The SMILES string of the molecule is COc1ccc2cc(C(C)(O)CO)oc2c1. The first-order valence-corrected chi connectivity index (χ1v) is 4.98. The van der Waals surface area contributed by atoms with Gasteiger partial charge >= 0.3 is 0 Å². The van der Waals surface area contributed by atoms with Crippen molar-refractivity contribution in [1.29, 1.82) is 0 Å². The molecule has 1 aromatic heterocycles. The maximum absolute atomic E-state index is 9.85. The molecule has 1 unspecified atom stereocenters. The zero-order valence-corrected chi connectivity index (χ0v) is 9.23. The van der Waals surface area contributed by atoms with E-state index in [-0.39, 0.29) is 6.61 Å². The third-order valence-electron chi connectivity index (χ3n) is 2.57. The van der Waals surface area contributed by atoms with Gasteiger partial charge in [0.05, 0.1) is 13.7 Å². The number of ether oxygens (including phenoxy) is 1. The Morgan fingerprint density at radius 3 is 2.75 bits per heavy atom. The highest BCUT2D eigenvalue weighted by Crippen LogP contribution is 2.29. The predicted octanol–water partition coefficient (Wildman–Crippen LogP) is 1.64. The minimum absolute atomic E-state index is 0.346. The Kier molecular flexibility index (Phi) is 2.61. The van der Waals surface area contributed by atoms with E-state index in [1.54, 1.807) is 19.2 Å². The van der Waals surface area contributed by atoms with Gasteiger partial charge in [-0.25, -0.2) is 0 Å². The third kappa shape index (κ3) is 1.77. The topological polar surface area (TPSA) is 62.8 Å². The van der Waals surface area contributed by atoms with Crippen LogP contribution >= 0.6 is 0 Å². The molecule has 1 heterocycles. The number of furan rings is 1. The summed E-state index contributed by atoms with van der Waals surface area (Å²) in [7, 11) is 1.58. The molecule has 4 nitrogen and oxygen atoms in total. The van der Waals surface area contributed by atoms with E-state index < -0.39 is 5.60 Å². The lowest BCUT2D eigenvalue weighted by molar-refractivity contribution is -0.0184. The van der Waals surface area contributed by atoms with Crippen molar-refractivity contribution in [2.75, 3.05) is 13.7 Å². The molecule has 0 aliphatic rings. The lowest BCUT2D eigenvalue weighted by Crippen LogP contribution is -2.24. The molecule has 0 bridgehead atoms. The maximum Gasteiger partial charge on any atom is 0.142 e. The van der Waals surface area contributed by atoms with E-state index in [1.807, 2.05) is 12.1 Å². The molecule has 2 rings (SSSR count). The number of fused-ring (bicyclic) bond motifs is 1. The number of rotatable bonds is 3. The maximum atomic E-state index is 9.85. The van der Waals surface area contributed by atoms with Crippen molar-refractivity contribution < 1.29 is 19.4 Å². The van der Waals surface area contributed by atoms with Crippen LogP contribution in [0.25, 0.3) is 11.0 Å². The minimum Gasteiger partial charge on any atom is -0.497 e. The van der Waals surface area contributed by atoms with Gasteiger partial charge in [0.1, 0.15) is 22.7 Å². The van der Waals surface area contributed by atoms with Gasteiger partial charge in [0.15, 0.2) is 0 Å². The zero-order valence-electron chi connectivity index (χ0n) is 9.23. The summed E-state index contributed by atoms with van der Waals surface area (Å²) in [5.74, 6) is 1.04. The molecular weight excluding hydrogens is 208 g/mol. The molecule has 0 fully saturated rings. The number of aliphatic hydroxyl groups is 2. The lowest BCUT2D eigenvalue weighted by atomic mass is 10.1. The Balaban J connectivity index is 2.52. The van der Waals surface area contributed by atoms with Crippen molar-refractivity contribution in [2.24, 2.45) is 0 Å². The van der Waals surface area contributed by atoms with Crippen LogP contribution in [0, 0.1) is 0 Å². The number of methoxy groups -OCH3 is 1. The van der Waals surface area contributed by atoms with E-state index in [4.69, 9.17) is 14.3 Å². The van der Waals surface area contributed by atoms with Gasteiger partial charge in [-0.15, -0.1) is 0 Å². The van der Waals surface area contributed by atoms with Gasteiger partial charge in [-0.05, 0) is 25.1 Å². The molecule has 0 aliphatic carbocycles. The Labute approximate surface area is 93.1 Å².